The summed E-state index contributed by atoms with van der Waals surface area (Å²) < 4.78 is 37.8. The molecule has 0 radical (unpaired) electrons. The van der Waals surface area contributed by atoms with E-state index in [0.717, 1.165) is 44.2 Å². The van der Waals surface area contributed by atoms with Crippen molar-refractivity contribution in [1.82, 2.24) is 0 Å². The van der Waals surface area contributed by atoms with Gasteiger partial charge in [-0.3, -0.25) is 0 Å². The molecule has 2 unspecified atom stereocenters. The molecule has 2 atom stereocenters. The lowest BCUT2D eigenvalue weighted by Crippen LogP contribution is -2.27. The standard InChI is InChI=1S/C15H16ClF3N2/c16-12-8-11(15(17,18)19)6-7-14(12)21-13-5-3-1-2-4-10(13)9-20/h6-8,10,13,21H,1-5H2. The van der Waals surface area contributed by atoms with E-state index in [-0.39, 0.29) is 17.0 Å². The van der Waals surface area contributed by atoms with Gasteiger partial charge < -0.3 is 5.32 Å². The lowest BCUT2D eigenvalue weighted by Gasteiger charge is -2.23. The number of nitrogens with zero attached hydrogens (tertiary/aromatic N) is 1. The Kier molecular flexibility index (Phi) is 5.00. The molecule has 1 aliphatic carbocycles. The highest BCUT2D eigenvalue weighted by Gasteiger charge is 2.31. The number of rotatable bonds is 2. The Morgan fingerprint density at radius 3 is 2.52 bits per heavy atom. The van der Waals surface area contributed by atoms with Crippen molar-refractivity contribution < 1.29 is 13.2 Å². The van der Waals surface area contributed by atoms with Gasteiger partial charge in [-0.05, 0) is 31.0 Å². The topological polar surface area (TPSA) is 35.8 Å². The SMILES string of the molecule is N#CC1CCCCCC1Nc1ccc(C(F)(F)F)cc1Cl. The van der Waals surface area contributed by atoms with E-state index in [2.05, 4.69) is 11.4 Å². The van der Waals surface area contributed by atoms with Gasteiger partial charge in [-0.25, -0.2) is 0 Å². The Balaban J connectivity index is 2.17. The average Bonchev–Trinajstić information content (AvgIpc) is 2.64. The summed E-state index contributed by atoms with van der Waals surface area (Å²) in [5, 5.41) is 12.4. The van der Waals surface area contributed by atoms with E-state index in [1.165, 1.54) is 6.07 Å². The van der Waals surface area contributed by atoms with Gasteiger partial charge in [0.1, 0.15) is 0 Å². The first-order chi connectivity index (χ1) is 9.91. The molecule has 6 heteroatoms. The van der Waals surface area contributed by atoms with Crippen LogP contribution in [0.15, 0.2) is 18.2 Å². The molecule has 2 rings (SSSR count). The molecule has 1 saturated carbocycles. The van der Waals surface area contributed by atoms with Crippen molar-refractivity contribution in [1.29, 1.82) is 5.26 Å². The zero-order chi connectivity index (χ0) is 15.5. The highest BCUT2D eigenvalue weighted by Crippen LogP contribution is 2.35. The summed E-state index contributed by atoms with van der Waals surface area (Å²) in [5.74, 6) is -0.133. The summed E-state index contributed by atoms with van der Waals surface area (Å²) in [6.07, 6.45) is 0.337. The molecule has 0 spiro atoms. The van der Waals surface area contributed by atoms with Crippen LogP contribution in [0.4, 0.5) is 18.9 Å². The van der Waals surface area contributed by atoms with E-state index in [4.69, 9.17) is 11.6 Å². The van der Waals surface area contributed by atoms with Gasteiger partial charge in [0, 0.05) is 6.04 Å². The predicted octanol–water partition coefficient (Wildman–Crippen LogP) is 5.24. The van der Waals surface area contributed by atoms with Crippen LogP contribution in [0, 0.1) is 17.2 Å². The van der Waals surface area contributed by atoms with E-state index < -0.39 is 11.7 Å². The van der Waals surface area contributed by atoms with Crippen LogP contribution in [0.5, 0.6) is 0 Å². The van der Waals surface area contributed by atoms with Crippen molar-refractivity contribution in [2.75, 3.05) is 5.32 Å². The molecule has 21 heavy (non-hydrogen) atoms. The van der Waals surface area contributed by atoms with Crippen molar-refractivity contribution in [2.45, 2.75) is 44.3 Å². The zero-order valence-electron chi connectivity index (χ0n) is 11.4. The van der Waals surface area contributed by atoms with Crippen molar-refractivity contribution in [3.63, 3.8) is 0 Å². The van der Waals surface area contributed by atoms with Gasteiger partial charge in [0.05, 0.1) is 28.3 Å². The summed E-state index contributed by atoms with van der Waals surface area (Å²) in [4.78, 5) is 0. The average molecular weight is 317 g/mol. The van der Waals surface area contributed by atoms with Crippen LogP contribution in [0.25, 0.3) is 0 Å². The van der Waals surface area contributed by atoms with Crippen LogP contribution >= 0.6 is 11.6 Å². The Labute approximate surface area is 126 Å². The summed E-state index contributed by atoms with van der Waals surface area (Å²) in [7, 11) is 0. The molecule has 1 fully saturated rings. The second-order valence-corrected chi connectivity index (χ2v) is 5.72. The number of alkyl halides is 3. The van der Waals surface area contributed by atoms with Crippen molar-refractivity contribution in [2.24, 2.45) is 5.92 Å². The van der Waals surface area contributed by atoms with Crippen LogP contribution in [0.3, 0.4) is 0 Å². The van der Waals surface area contributed by atoms with Crippen molar-refractivity contribution in [3.05, 3.63) is 28.8 Å². The quantitative estimate of drug-likeness (QED) is 0.757. The second-order valence-electron chi connectivity index (χ2n) is 5.32. The first-order valence-electron chi connectivity index (χ1n) is 6.94. The first kappa shape index (κ1) is 16.0. The molecule has 1 aliphatic rings. The van der Waals surface area contributed by atoms with Crippen molar-refractivity contribution >= 4 is 17.3 Å². The maximum Gasteiger partial charge on any atom is 0.416 e. The molecule has 0 bridgehead atoms. The Morgan fingerprint density at radius 1 is 1.19 bits per heavy atom. The highest BCUT2D eigenvalue weighted by molar-refractivity contribution is 6.33. The molecule has 114 valence electrons. The monoisotopic (exact) mass is 316 g/mol. The highest BCUT2D eigenvalue weighted by atomic mass is 35.5. The summed E-state index contributed by atoms with van der Waals surface area (Å²) in [6, 6.07) is 5.48. The van der Waals surface area contributed by atoms with Gasteiger partial charge >= 0.3 is 6.18 Å². The number of benzene rings is 1. The molecule has 0 aromatic heterocycles. The summed E-state index contributed by atoms with van der Waals surface area (Å²) in [6.45, 7) is 0. The number of nitriles is 1. The van der Waals surface area contributed by atoms with E-state index >= 15 is 0 Å². The zero-order valence-corrected chi connectivity index (χ0v) is 12.1. The lowest BCUT2D eigenvalue weighted by molar-refractivity contribution is -0.137. The predicted molar refractivity (Wildman–Crippen MR) is 76.1 cm³/mol. The smallest absolute Gasteiger partial charge is 0.380 e. The minimum absolute atomic E-state index is 0.0331. The van der Waals surface area contributed by atoms with Crippen LogP contribution in [0.2, 0.25) is 5.02 Å². The third kappa shape index (κ3) is 4.04. The van der Waals surface area contributed by atoms with Gasteiger partial charge in [-0.15, -0.1) is 0 Å². The molecule has 2 nitrogen and oxygen atoms in total. The molecule has 1 aromatic rings. The van der Waals surface area contributed by atoms with Crippen LogP contribution in [-0.4, -0.2) is 6.04 Å². The fourth-order valence-electron chi connectivity index (χ4n) is 2.64. The minimum atomic E-state index is -4.40. The molecular weight excluding hydrogens is 301 g/mol. The number of anilines is 1. The third-order valence-corrected chi connectivity index (χ3v) is 4.13. The Hall–Kier alpha value is -1.41. The van der Waals surface area contributed by atoms with Gasteiger partial charge in [-0.1, -0.05) is 30.9 Å². The van der Waals surface area contributed by atoms with E-state index in [1.54, 1.807) is 0 Å². The van der Waals surface area contributed by atoms with E-state index in [0.29, 0.717) is 5.69 Å². The van der Waals surface area contributed by atoms with Crippen LogP contribution in [-0.2, 0) is 6.18 Å². The van der Waals surface area contributed by atoms with Gasteiger partial charge in [-0.2, -0.15) is 18.4 Å². The molecule has 1 aromatic carbocycles. The third-order valence-electron chi connectivity index (χ3n) is 3.82. The number of halogens is 4. The Bertz CT molecular complexity index is 537. The largest absolute Gasteiger partial charge is 0.416 e. The Morgan fingerprint density at radius 2 is 1.90 bits per heavy atom. The molecule has 0 saturated heterocycles. The number of hydrogen-bond donors (Lipinski definition) is 1. The van der Waals surface area contributed by atoms with Gasteiger partial charge in [0.25, 0.3) is 0 Å². The van der Waals surface area contributed by atoms with Crippen LogP contribution in [0.1, 0.15) is 37.7 Å². The lowest BCUT2D eigenvalue weighted by atomic mass is 9.96. The maximum atomic E-state index is 12.6. The summed E-state index contributed by atoms with van der Waals surface area (Å²) in [5.41, 5.74) is -0.312. The molecule has 1 N–H and O–H groups in total. The normalized spacial score (nSPS) is 23.2. The number of nitrogens with one attached hydrogen (secondary N) is 1. The van der Waals surface area contributed by atoms with E-state index in [1.807, 2.05) is 0 Å². The number of hydrogen-bond acceptors (Lipinski definition) is 2. The fourth-order valence-corrected chi connectivity index (χ4v) is 2.88. The molecular formula is C15H16ClF3N2. The molecule has 0 amide bonds. The molecule has 0 heterocycles. The molecule has 0 aliphatic heterocycles. The van der Waals surface area contributed by atoms with E-state index in [9.17, 15) is 18.4 Å². The maximum absolute atomic E-state index is 12.6. The second kappa shape index (κ2) is 6.57. The first-order valence-corrected chi connectivity index (χ1v) is 7.32. The summed E-state index contributed by atoms with van der Waals surface area (Å²) >= 11 is 5.94. The van der Waals surface area contributed by atoms with Gasteiger partial charge in [0.2, 0.25) is 0 Å². The fraction of sp³-hybridized carbons (Fsp3) is 0.533. The minimum Gasteiger partial charge on any atom is -0.380 e. The van der Waals surface area contributed by atoms with Gasteiger partial charge in [0.15, 0.2) is 0 Å². The van der Waals surface area contributed by atoms with Crippen LogP contribution < -0.4 is 5.32 Å². The van der Waals surface area contributed by atoms with Crippen molar-refractivity contribution in [3.8, 4) is 6.07 Å².